The van der Waals surface area contributed by atoms with Crippen LogP contribution in [0.15, 0.2) is 18.2 Å². The molecule has 17 heavy (non-hydrogen) atoms. The molecule has 1 atom stereocenters. The molecule has 0 spiro atoms. The van der Waals surface area contributed by atoms with E-state index >= 15 is 0 Å². The summed E-state index contributed by atoms with van der Waals surface area (Å²) >= 11 is 0. The first-order chi connectivity index (χ1) is 7.91. The number of benzene rings is 1. The third-order valence-corrected chi connectivity index (χ3v) is 2.77. The van der Waals surface area contributed by atoms with Gasteiger partial charge in [0.15, 0.2) is 11.6 Å². The van der Waals surface area contributed by atoms with Gasteiger partial charge in [-0.15, -0.1) is 0 Å². The molecule has 0 bridgehead atoms. The van der Waals surface area contributed by atoms with Gasteiger partial charge in [-0.3, -0.25) is 9.69 Å². The van der Waals surface area contributed by atoms with Crippen molar-refractivity contribution >= 4 is 5.97 Å². The van der Waals surface area contributed by atoms with Gasteiger partial charge < -0.3 is 5.11 Å². The van der Waals surface area contributed by atoms with Crippen LogP contribution in [0.5, 0.6) is 0 Å². The van der Waals surface area contributed by atoms with Gasteiger partial charge in [0.05, 0.1) is 6.42 Å². The van der Waals surface area contributed by atoms with Gasteiger partial charge >= 0.3 is 5.97 Å². The Hall–Kier alpha value is -1.49. The van der Waals surface area contributed by atoms with E-state index in [1.165, 1.54) is 6.07 Å². The third kappa shape index (κ3) is 3.78. The van der Waals surface area contributed by atoms with Gasteiger partial charge in [0.2, 0.25) is 0 Å². The molecule has 0 fully saturated rings. The Morgan fingerprint density at radius 1 is 1.41 bits per heavy atom. The molecule has 0 radical (unpaired) electrons. The molecule has 0 saturated carbocycles. The molecule has 1 N–H and O–H groups in total. The van der Waals surface area contributed by atoms with Gasteiger partial charge in [0.1, 0.15) is 0 Å². The molecule has 1 aromatic rings. The SMILES string of the molecule is CC(c1ccc(F)c(F)c1)N(C)CCC(=O)O. The van der Waals surface area contributed by atoms with Crippen molar-refractivity contribution in [2.24, 2.45) is 0 Å². The summed E-state index contributed by atoms with van der Waals surface area (Å²) in [5, 5.41) is 8.56. The van der Waals surface area contributed by atoms with Crippen LogP contribution in [0.25, 0.3) is 0 Å². The Balaban J connectivity index is 2.70. The lowest BCUT2D eigenvalue weighted by atomic mass is 10.1. The summed E-state index contributed by atoms with van der Waals surface area (Å²) < 4.78 is 25.8. The first kappa shape index (κ1) is 13.6. The van der Waals surface area contributed by atoms with E-state index in [2.05, 4.69) is 0 Å². The minimum Gasteiger partial charge on any atom is -0.481 e. The molecule has 3 nitrogen and oxygen atoms in total. The lowest BCUT2D eigenvalue weighted by Crippen LogP contribution is -2.25. The number of hydrogen-bond acceptors (Lipinski definition) is 2. The first-order valence-corrected chi connectivity index (χ1v) is 5.28. The summed E-state index contributed by atoms with van der Waals surface area (Å²) in [6, 6.07) is 3.55. The highest BCUT2D eigenvalue weighted by atomic mass is 19.2. The van der Waals surface area contributed by atoms with E-state index in [0.717, 1.165) is 12.1 Å². The van der Waals surface area contributed by atoms with Crippen LogP contribution >= 0.6 is 0 Å². The highest BCUT2D eigenvalue weighted by Gasteiger charge is 2.14. The van der Waals surface area contributed by atoms with Crippen LogP contribution in [-0.4, -0.2) is 29.6 Å². The van der Waals surface area contributed by atoms with Crippen LogP contribution in [0.4, 0.5) is 8.78 Å². The summed E-state index contributed by atoms with van der Waals surface area (Å²) in [5.41, 5.74) is 0.622. The molecule has 1 unspecified atom stereocenters. The number of halogens is 2. The van der Waals surface area contributed by atoms with Crippen LogP contribution in [0, 0.1) is 11.6 Å². The van der Waals surface area contributed by atoms with Crippen molar-refractivity contribution in [1.82, 2.24) is 4.90 Å². The second-order valence-corrected chi connectivity index (χ2v) is 3.97. The molecular formula is C12H15F2NO2. The van der Waals surface area contributed by atoms with Gasteiger partial charge in [-0.05, 0) is 31.7 Å². The zero-order chi connectivity index (χ0) is 13.0. The van der Waals surface area contributed by atoms with E-state index in [9.17, 15) is 13.6 Å². The largest absolute Gasteiger partial charge is 0.481 e. The predicted octanol–water partition coefficient (Wildman–Crippen LogP) is 2.43. The lowest BCUT2D eigenvalue weighted by Gasteiger charge is -2.24. The van der Waals surface area contributed by atoms with Gasteiger partial charge in [0, 0.05) is 12.6 Å². The van der Waals surface area contributed by atoms with E-state index in [1.807, 2.05) is 6.92 Å². The maximum absolute atomic E-state index is 13.0. The highest BCUT2D eigenvalue weighted by molar-refractivity contribution is 5.66. The molecule has 0 aliphatic carbocycles. The normalized spacial score (nSPS) is 12.8. The number of carboxylic acids is 1. The lowest BCUT2D eigenvalue weighted by molar-refractivity contribution is -0.137. The van der Waals surface area contributed by atoms with Gasteiger partial charge in [0.25, 0.3) is 0 Å². The predicted molar refractivity (Wildman–Crippen MR) is 59.7 cm³/mol. The number of carbonyl (C=O) groups is 1. The number of carboxylic acid groups (broad SMARTS) is 1. The molecule has 0 aromatic heterocycles. The van der Waals surface area contributed by atoms with Gasteiger partial charge in [-0.25, -0.2) is 8.78 Å². The summed E-state index contributed by atoms with van der Waals surface area (Å²) in [5.74, 6) is -2.65. The number of aliphatic carboxylic acids is 1. The summed E-state index contributed by atoms with van der Waals surface area (Å²) in [4.78, 5) is 12.2. The molecule has 94 valence electrons. The summed E-state index contributed by atoms with van der Waals surface area (Å²) in [6.45, 7) is 2.17. The van der Waals surface area contributed by atoms with E-state index in [4.69, 9.17) is 5.11 Å². The van der Waals surface area contributed by atoms with Gasteiger partial charge in [-0.2, -0.15) is 0 Å². The van der Waals surface area contributed by atoms with Crippen molar-refractivity contribution in [2.75, 3.05) is 13.6 Å². The van der Waals surface area contributed by atoms with Gasteiger partial charge in [-0.1, -0.05) is 6.07 Å². The molecule has 0 aliphatic rings. The Morgan fingerprint density at radius 2 is 2.06 bits per heavy atom. The molecule has 1 rings (SSSR count). The van der Waals surface area contributed by atoms with Crippen LogP contribution in [0.3, 0.4) is 0 Å². The monoisotopic (exact) mass is 243 g/mol. The van der Waals surface area contributed by atoms with Crippen LogP contribution in [-0.2, 0) is 4.79 Å². The van der Waals surface area contributed by atoms with Crippen molar-refractivity contribution in [3.8, 4) is 0 Å². The molecule has 0 amide bonds. The van der Waals surface area contributed by atoms with E-state index in [1.54, 1.807) is 11.9 Å². The maximum atomic E-state index is 13.0. The van der Waals surface area contributed by atoms with E-state index in [-0.39, 0.29) is 12.5 Å². The van der Waals surface area contributed by atoms with Crippen molar-refractivity contribution < 1.29 is 18.7 Å². The Labute approximate surface area is 98.7 Å². The second-order valence-electron chi connectivity index (χ2n) is 3.97. The van der Waals surface area contributed by atoms with Crippen molar-refractivity contribution in [2.45, 2.75) is 19.4 Å². The maximum Gasteiger partial charge on any atom is 0.304 e. The smallest absolute Gasteiger partial charge is 0.304 e. The van der Waals surface area contributed by atoms with E-state index < -0.39 is 17.6 Å². The van der Waals surface area contributed by atoms with Crippen molar-refractivity contribution in [3.63, 3.8) is 0 Å². The van der Waals surface area contributed by atoms with E-state index in [0.29, 0.717) is 12.1 Å². The summed E-state index contributed by atoms with van der Waals surface area (Å²) in [6.07, 6.45) is 0.0184. The summed E-state index contributed by atoms with van der Waals surface area (Å²) in [7, 11) is 1.74. The van der Waals surface area contributed by atoms with Crippen LogP contribution in [0.2, 0.25) is 0 Å². The number of nitrogens with zero attached hydrogens (tertiary/aromatic N) is 1. The zero-order valence-corrected chi connectivity index (χ0v) is 9.78. The average molecular weight is 243 g/mol. The molecular weight excluding hydrogens is 228 g/mol. The van der Waals surface area contributed by atoms with Crippen LogP contribution in [0.1, 0.15) is 24.9 Å². The van der Waals surface area contributed by atoms with Crippen molar-refractivity contribution in [1.29, 1.82) is 0 Å². The minimum atomic E-state index is -0.888. The third-order valence-electron chi connectivity index (χ3n) is 2.77. The standard InChI is InChI=1S/C12H15F2NO2/c1-8(15(2)6-5-12(16)17)9-3-4-10(13)11(14)7-9/h3-4,7-8H,5-6H2,1-2H3,(H,16,17). The fraction of sp³-hybridized carbons (Fsp3) is 0.417. The molecule has 0 saturated heterocycles. The first-order valence-electron chi connectivity index (χ1n) is 5.28. The Bertz CT molecular complexity index is 409. The van der Waals surface area contributed by atoms with Crippen LogP contribution < -0.4 is 0 Å². The number of hydrogen-bond donors (Lipinski definition) is 1. The molecule has 1 aromatic carbocycles. The molecule has 5 heteroatoms. The molecule has 0 aliphatic heterocycles. The minimum absolute atomic E-state index is 0.0184. The Morgan fingerprint density at radius 3 is 2.59 bits per heavy atom. The quantitative estimate of drug-likeness (QED) is 0.863. The van der Waals surface area contributed by atoms with Crippen molar-refractivity contribution in [3.05, 3.63) is 35.4 Å². The topological polar surface area (TPSA) is 40.5 Å². The fourth-order valence-corrected chi connectivity index (χ4v) is 1.49. The average Bonchev–Trinajstić information content (AvgIpc) is 2.28. The number of rotatable bonds is 5. The Kier molecular flexibility index (Phi) is 4.57. The zero-order valence-electron chi connectivity index (χ0n) is 9.78. The molecule has 0 heterocycles. The second kappa shape index (κ2) is 5.72. The highest BCUT2D eigenvalue weighted by Crippen LogP contribution is 2.20. The fourth-order valence-electron chi connectivity index (χ4n) is 1.49.